The highest BCUT2D eigenvalue weighted by Crippen LogP contribution is 2.50. The van der Waals surface area contributed by atoms with Gasteiger partial charge >= 0.3 is 0 Å². The van der Waals surface area contributed by atoms with E-state index in [4.69, 9.17) is 4.98 Å². The molecule has 57 heavy (non-hydrogen) atoms. The first-order valence-electron chi connectivity index (χ1n) is 19.5. The Balaban J connectivity index is 1.10. The van der Waals surface area contributed by atoms with Crippen molar-refractivity contribution in [3.63, 3.8) is 0 Å². The van der Waals surface area contributed by atoms with E-state index < -0.39 is 0 Å². The van der Waals surface area contributed by atoms with Crippen molar-refractivity contribution < 1.29 is 0 Å². The zero-order valence-corrected chi connectivity index (χ0v) is 31.9. The molecule has 1 nitrogen and oxygen atoms in total. The summed E-state index contributed by atoms with van der Waals surface area (Å²) in [5, 5.41) is 7.38. The fourth-order valence-electron chi connectivity index (χ4n) is 8.67. The fraction of sp³-hybridized carbons (Fsp3) is 0. The van der Waals surface area contributed by atoms with Crippen molar-refractivity contribution in [1.29, 1.82) is 0 Å². The maximum Gasteiger partial charge on any atom is 0.0803 e. The normalized spacial score (nSPS) is 11.5. The second-order valence-corrected chi connectivity index (χ2v) is 15.6. The van der Waals surface area contributed by atoms with E-state index in [9.17, 15) is 0 Å². The third-order valence-electron chi connectivity index (χ3n) is 11.3. The maximum absolute atomic E-state index is 5.45. The Kier molecular flexibility index (Phi) is 8.08. The number of para-hydroxylation sites is 1. The minimum Gasteiger partial charge on any atom is -0.247 e. The summed E-state index contributed by atoms with van der Waals surface area (Å²) < 4.78 is 1.27. The Morgan fingerprint density at radius 1 is 0.281 bits per heavy atom. The molecule has 2 aromatic heterocycles. The van der Waals surface area contributed by atoms with E-state index in [2.05, 4.69) is 212 Å². The number of nitrogens with zero attached hydrogens (tertiary/aromatic N) is 1. The van der Waals surface area contributed by atoms with Gasteiger partial charge in [-0.3, -0.25) is 0 Å². The fourth-order valence-corrected chi connectivity index (χ4v) is 10.0. The van der Waals surface area contributed by atoms with E-state index in [1.165, 1.54) is 92.0 Å². The lowest BCUT2D eigenvalue weighted by molar-refractivity contribution is 1.43. The SMILES string of the molecule is c1ccc(-c2ccc(-c3c4ccccc4c(-c4ccc(-c5nc6ccccc6c6sc(-c7ccccc7)c(-c7ccccc7)c56)cc4)c4ccccc34)cc2)cc1. The Bertz CT molecular complexity index is 3180. The molecule has 0 saturated heterocycles. The molecular weight excluding hydrogens is 707 g/mol. The summed E-state index contributed by atoms with van der Waals surface area (Å²) in [5.41, 5.74) is 14.2. The van der Waals surface area contributed by atoms with Crippen LogP contribution in [0.5, 0.6) is 0 Å². The lowest BCUT2D eigenvalue weighted by Gasteiger charge is -2.18. The summed E-state index contributed by atoms with van der Waals surface area (Å²) in [5.74, 6) is 0. The topological polar surface area (TPSA) is 12.9 Å². The van der Waals surface area contributed by atoms with Gasteiger partial charge in [-0.2, -0.15) is 0 Å². The van der Waals surface area contributed by atoms with Crippen LogP contribution in [0, 0.1) is 0 Å². The van der Waals surface area contributed by atoms with Crippen LogP contribution < -0.4 is 0 Å². The molecule has 0 aliphatic heterocycles. The Morgan fingerprint density at radius 2 is 0.649 bits per heavy atom. The molecule has 0 amide bonds. The molecule has 0 aliphatic carbocycles. The van der Waals surface area contributed by atoms with Crippen LogP contribution in [0.1, 0.15) is 0 Å². The molecular formula is C55H35NS. The van der Waals surface area contributed by atoms with Crippen molar-refractivity contribution in [3.05, 3.63) is 212 Å². The molecule has 0 atom stereocenters. The van der Waals surface area contributed by atoms with Gasteiger partial charge in [0.15, 0.2) is 0 Å². The van der Waals surface area contributed by atoms with Crippen LogP contribution in [0.2, 0.25) is 0 Å². The van der Waals surface area contributed by atoms with Gasteiger partial charge in [0.1, 0.15) is 0 Å². The summed E-state index contributed by atoms with van der Waals surface area (Å²) in [4.78, 5) is 6.71. The standard InChI is InChI=1S/C55H35NS/c1-4-16-36(17-5-1)37-28-30-39(31-29-37)49-43-22-10-12-24-45(43)50(46-25-13-11-23-44(46)49)40-32-34-41(35-33-40)53-52-51(38-18-6-2-7-19-38)54(42-20-8-3-9-21-42)57-55(52)47-26-14-15-27-48(47)56-53/h1-35H. The molecule has 0 radical (unpaired) electrons. The number of hydrogen-bond acceptors (Lipinski definition) is 2. The summed E-state index contributed by atoms with van der Waals surface area (Å²) in [6.45, 7) is 0. The molecule has 2 heteroatoms. The molecule has 0 unspecified atom stereocenters. The van der Waals surface area contributed by atoms with Crippen molar-refractivity contribution in [2.45, 2.75) is 0 Å². The molecule has 0 fully saturated rings. The van der Waals surface area contributed by atoms with Crippen molar-refractivity contribution in [3.8, 4) is 66.2 Å². The van der Waals surface area contributed by atoms with Crippen molar-refractivity contribution in [2.24, 2.45) is 0 Å². The minimum absolute atomic E-state index is 1.01. The zero-order chi connectivity index (χ0) is 37.7. The van der Waals surface area contributed by atoms with Crippen LogP contribution in [-0.4, -0.2) is 4.98 Å². The van der Waals surface area contributed by atoms with Crippen LogP contribution in [-0.2, 0) is 0 Å². The van der Waals surface area contributed by atoms with Crippen LogP contribution in [0.3, 0.4) is 0 Å². The molecule has 9 aromatic carbocycles. The molecule has 0 saturated carbocycles. The van der Waals surface area contributed by atoms with Gasteiger partial charge in [0.2, 0.25) is 0 Å². The molecule has 2 heterocycles. The largest absolute Gasteiger partial charge is 0.247 e. The van der Waals surface area contributed by atoms with Crippen molar-refractivity contribution in [2.75, 3.05) is 0 Å². The number of rotatable bonds is 6. The maximum atomic E-state index is 5.45. The van der Waals surface area contributed by atoms with E-state index in [0.29, 0.717) is 0 Å². The summed E-state index contributed by atoms with van der Waals surface area (Å²) in [7, 11) is 0. The van der Waals surface area contributed by atoms with Crippen LogP contribution in [0.25, 0.3) is 109 Å². The molecule has 0 N–H and O–H groups in total. The van der Waals surface area contributed by atoms with E-state index >= 15 is 0 Å². The smallest absolute Gasteiger partial charge is 0.0803 e. The van der Waals surface area contributed by atoms with Gasteiger partial charge in [0.05, 0.1) is 11.2 Å². The number of hydrogen-bond donors (Lipinski definition) is 0. The highest BCUT2D eigenvalue weighted by atomic mass is 32.1. The predicted molar refractivity (Wildman–Crippen MR) is 245 cm³/mol. The molecule has 11 rings (SSSR count). The molecule has 266 valence electrons. The van der Waals surface area contributed by atoms with Gasteiger partial charge < -0.3 is 0 Å². The molecule has 0 spiro atoms. The average Bonchev–Trinajstić information content (AvgIpc) is 3.70. The van der Waals surface area contributed by atoms with E-state index in [-0.39, 0.29) is 0 Å². The Hall–Kier alpha value is -7.13. The van der Waals surface area contributed by atoms with Gasteiger partial charge in [0.25, 0.3) is 0 Å². The number of aromatic nitrogens is 1. The first kappa shape index (κ1) is 33.2. The first-order valence-corrected chi connectivity index (χ1v) is 20.3. The summed E-state index contributed by atoms with van der Waals surface area (Å²) in [6.07, 6.45) is 0. The quantitative estimate of drug-likeness (QED) is 0.155. The van der Waals surface area contributed by atoms with Gasteiger partial charge in [0, 0.05) is 31.5 Å². The zero-order valence-electron chi connectivity index (χ0n) is 31.1. The van der Waals surface area contributed by atoms with Crippen molar-refractivity contribution >= 4 is 53.9 Å². The van der Waals surface area contributed by atoms with Crippen LogP contribution >= 0.6 is 11.3 Å². The second kappa shape index (κ2) is 13.9. The van der Waals surface area contributed by atoms with E-state index in [1.807, 2.05) is 11.3 Å². The first-order chi connectivity index (χ1) is 28.3. The van der Waals surface area contributed by atoms with E-state index in [0.717, 1.165) is 16.8 Å². The van der Waals surface area contributed by atoms with Crippen molar-refractivity contribution in [1.82, 2.24) is 4.98 Å². The number of benzene rings is 9. The van der Waals surface area contributed by atoms with Crippen LogP contribution in [0.15, 0.2) is 212 Å². The number of pyridine rings is 1. The molecule has 0 bridgehead atoms. The van der Waals surface area contributed by atoms with Gasteiger partial charge in [-0.1, -0.05) is 206 Å². The molecule has 11 aromatic rings. The van der Waals surface area contributed by atoms with Crippen LogP contribution in [0.4, 0.5) is 0 Å². The lowest BCUT2D eigenvalue weighted by Crippen LogP contribution is -1.92. The Morgan fingerprint density at radius 3 is 1.18 bits per heavy atom. The van der Waals surface area contributed by atoms with Gasteiger partial charge in [-0.25, -0.2) is 4.98 Å². The lowest BCUT2D eigenvalue weighted by atomic mass is 9.85. The minimum atomic E-state index is 1.01. The monoisotopic (exact) mass is 741 g/mol. The highest BCUT2D eigenvalue weighted by molar-refractivity contribution is 7.24. The number of thiophene rings is 1. The third kappa shape index (κ3) is 5.65. The van der Waals surface area contributed by atoms with Gasteiger partial charge in [-0.15, -0.1) is 11.3 Å². The third-order valence-corrected chi connectivity index (χ3v) is 12.6. The highest BCUT2D eigenvalue weighted by Gasteiger charge is 2.23. The number of fused-ring (bicyclic) bond motifs is 5. The summed E-state index contributed by atoms with van der Waals surface area (Å²) in [6, 6.07) is 76.8. The van der Waals surface area contributed by atoms with E-state index in [1.54, 1.807) is 0 Å². The van der Waals surface area contributed by atoms with Gasteiger partial charge in [-0.05, 0) is 72.1 Å². The Labute approximate surface area is 335 Å². The molecule has 0 aliphatic rings. The average molecular weight is 742 g/mol. The predicted octanol–water partition coefficient (Wildman–Crippen LogP) is 15.8. The summed E-state index contributed by atoms with van der Waals surface area (Å²) >= 11 is 1.87. The second-order valence-electron chi connectivity index (χ2n) is 14.6.